The van der Waals surface area contributed by atoms with Crippen molar-refractivity contribution in [1.29, 1.82) is 5.26 Å². The molecule has 9 heavy (non-hydrogen) atoms. The van der Waals surface area contributed by atoms with Gasteiger partial charge in [-0.1, -0.05) is 12.5 Å². The number of aromatic nitrogens is 1. The standard InChI is InChI=1S/C6H5N2.Y/c1-5-3-8-4-6(5)2-7;/h4,8H,1H3;/q-1;. The molecule has 0 saturated carbocycles. The molecule has 1 aromatic heterocycles. The smallest absolute Gasteiger partial charge is 0.0204 e. The summed E-state index contributed by atoms with van der Waals surface area (Å²) >= 11 is 0. The molecule has 0 unspecified atom stereocenters. The third-order valence-electron chi connectivity index (χ3n) is 1.00. The Bertz CT molecular complexity index is 221. The van der Waals surface area contributed by atoms with Crippen LogP contribution < -0.4 is 0 Å². The summed E-state index contributed by atoms with van der Waals surface area (Å²) in [6.45, 7) is 1.84. The Morgan fingerprint density at radius 2 is 2.44 bits per heavy atom. The molecule has 3 heteroatoms. The molecule has 2 nitrogen and oxygen atoms in total. The average Bonchev–Trinajstić information content (AvgIpc) is 2.14. The molecule has 1 rings (SSSR count). The van der Waals surface area contributed by atoms with Crippen molar-refractivity contribution in [2.45, 2.75) is 6.92 Å². The van der Waals surface area contributed by atoms with Crippen molar-refractivity contribution < 1.29 is 32.7 Å². The molecule has 0 aliphatic rings. The van der Waals surface area contributed by atoms with E-state index < -0.39 is 0 Å². The number of rotatable bonds is 0. The van der Waals surface area contributed by atoms with E-state index in [9.17, 15) is 0 Å². The summed E-state index contributed by atoms with van der Waals surface area (Å²) in [5, 5.41) is 8.32. The Kier molecular flexibility index (Phi) is 3.76. The summed E-state index contributed by atoms with van der Waals surface area (Å²) in [5.74, 6) is 0. The van der Waals surface area contributed by atoms with E-state index in [2.05, 4.69) is 11.2 Å². The minimum absolute atomic E-state index is 0. The normalized spacial score (nSPS) is 7.56. The first kappa shape index (κ1) is 8.87. The second-order valence-corrected chi connectivity index (χ2v) is 1.56. The van der Waals surface area contributed by atoms with E-state index in [1.165, 1.54) is 0 Å². The molecule has 1 aromatic rings. The van der Waals surface area contributed by atoms with Crippen LogP contribution in [0.1, 0.15) is 11.1 Å². The van der Waals surface area contributed by atoms with Crippen LogP contribution in [0.3, 0.4) is 0 Å². The Hall–Kier alpha value is -0.126. The summed E-state index contributed by atoms with van der Waals surface area (Å²) in [7, 11) is 0. The van der Waals surface area contributed by atoms with E-state index in [-0.39, 0.29) is 32.7 Å². The molecule has 0 saturated heterocycles. The fraction of sp³-hybridized carbons (Fsp3) is 0.167. The van der Waals surface area contributed by atoms with Crippen LogP contribution in [0, 0.1) is 24.5 Å². The molecule has 0 fully saturated rings. The first-order chi connectivity index (χ1) is 3.84. The van der Waals surface area contributed by atoms with Gasteiger partial charge in [0.15, 0.2) is 0 Å². The van der Waals surface area contributed by atoms with Crippen molar-refractivity contribution in [3.8, 4) is 6.07 Å². The Morgan fingerprint density at radius 3 is 2.67 bits per heavy atom. The molecule has 0 spiro atoms. The van der Waals surface area contributed by atoms with E-state index in [0.717, 1.165) is 5.56 Å². The monoisotopic (exact) mass is 194 g/mol. The van der Waals surface area contributed by atoms with Crippen LogP contribution in [0.2, 0.25) is 0 Å². The minimum Gasteiger partial charge on any atom is -0.483 e. The predicted molar refractivity (Wildman–Crippen MR) is 29.1 cm³/mol. The fourth-order valence-corrected chi connectivity index (χ4v) is 0.508. The first-order valence-corrected chi connectivity index (χ1v) is 2.30. The van der Waals surface area contributed by atoms with Gasteiger partial charge in [-0.3, -0.25) is 0 Å². The number of hydrogen-bond acceptors (Lipinski definition) is 1. The van der Waals surface area contributed by atoms with Crippen molar-refractivity contribution in [2.75, 3.05) is 0 Å². The van der Waals surface area contributed by atoms with Crippen molar-refractivity contribution in [3.05, 3.63) is 23.5 Å². The Morgan fingerprint density at radius 1 is 1.78 bits per heavy atom. The molecule has 0 aliphatic heterocycles. The fourth-order valence-electron chi connectivity index (χ4n) is 0.508. The van der Waals surface area contributed by atoms with Gasteiger partial charge in [0, 0.05) is 38.8 Å². The van der Waals surface area contributed by atoms with Crippen LogP contribution in [0.5, 0.6) is 0 Å². The van der Waals surface area contributed by atoms with Gasteiger partial charge in [0.25, 0.3) is 0 Å². The van der Waals surface area contributed by atoms with Gasteiger partial charge in [-0.2, -0.15) is 0 Å². The van der Waals surface area contributed by atoms with Crippen LogP contribution >= 0.6 is 0 Å². The quantitative estimate of drug-likeness (QED) is 0.614. The summed E-state index contributed by atoms with van der Waals surface area (Å²) < 4.78 is 0. The number of nitrogens with one attached hydrogen (secondary N) is 1. The summed E-state index contributed by atoms with van der Waals surface area (Å²) in [4.78, 5) is 2.70. The molecule has 0 aromatic carbocycles. The van der Waals surface area contributed by atoms with Crippen LogP contribution in [0.15, 0.2) is 6.20 Å². The third-order valence-corrected chi connectivity index (χ3v) is 1.00. The van der Waals surface area contributed by atoms with Gasteiger partial charge in [-0.25, -0.2) is 5.26 Å². The van der Waals surface area contributed by atoms with Crippen molar-refractivity contribution in [3.63, 3.8) is 0 Å². The number of H-pyrrole nitrogens is 1. The summed E-state index contributed by atoms with van der Waals surface area (Å²) in [6, 6.07) is 2.01. The van der Waals surface area contributed by atoms with Crippen molar-refractivity contribution in [1.82, 2.24) is 4.98 Å². The molecule has 1 radical (unpaired) electrons. The molecular weight excluding hydrogens is 189 g/mol. The third kappa shape index (κ3) is 1.93. The van der Waals surface area contributed by atoms with E-state index in [1.54, 1.807) is 6.20 Å². The second-order valence-electron chi connectivity index (χ2n) is 1.56. The second kappa shape index (κ2) is 3.82. The molecule has 0 aliphatic carbocycles. The number of aromatic amines is 1. The average molecular weight is 194 g/mol. The van der Waals surface area contributed by atoms with Crippen LogP contribution in [0.25, 0.3) is 0 Å². The topological polar surface area (TPSA) is 39.6 Å². The van der Waals surface area contributed by atoms with E-state index in [0.29, 0.717) is 5.56 Å². The minimum atomic E-state index is 0. The molecule has 43 valence electrons. The van der Waals surface area contributed by atoms with Gasteiger partial charge in [0.1, 0.15) is 0 Å². The predicted octanol–water partition coefficient (Wildman–Crippen LogP) is 0.992. The first-order valence-electron chi connectivity index (χ1n) is 2.30. The van der Waals surface area contributed by atoms with Crippen molar-refractivity contribution in [2.24, 2.45) is 0 Å². The maximum atomic E-state index is 8.32. The van der Waals surface area contributed by atoms with Gasteiger partial charge in [-0.05, 0) is 0 Å². The maximum Gasteiger partial charge on any atom is 0.0204 e. The van der Waals surface area contributed by atoms with Crippen molar-refractivity contribution >= 4 is 0 Å². The van der Waals surface area contributed by atoms with E-state index in [4.69, 9.17) is 5.26 Å². The molecule has 1 heterocycles. The van der Waals surface area contributed by atoms with E-state index >= 15 is 0 Å². The molecule has 0 amide bonds. The van der Waals surface area contributed by atoms with Gasteiger partial charge < -0.3 is 4.98 Å². The number of hydrogen-bond donors (Lipinski definition) is 1. The van der Waals surface area contributed by atoms with Crippen LogP contribution in [-0.2, 0) is 32.7 Å². The van der Waals surface area contributed by atoms with Crippen LogP contribution in [0.4, 0.5) is 0 Å². The summed E-state index contributed by atoms with van der Waals surface area (Å²) in [6.07, 6.45) is 4.41. The molecule has 0 bridgehead atoms. The number of aryl methyl sites for hydroxylation is 1. The molecular formula is C6H5N2Y-. The SMILES string of the molecule is Cc1[c-][nH]cc1C#N.[Y]. The zero-order valence-corrected chi connectivity index (χ0v) is 7.94. The van der Waals surface area contributed by atoms with Gasteiger partial charge in [0.05, 0.1) is 0 Å². The largest absolute Gasteiger partial charge is 0.483 e. The zero-order valence-electron chi connectivity index (χ0n) is 5.10. The van der Waals surface area contributed by atoms with E-state index in [1.807, 2.05) is 13.0 Å². The molecule has 1 N–H and O–H groups in total. The van der Waals surface area contributed by atoms with Crippen LogP contribution in [-0.4, -0.2) is 4.98 Å². The maximum absolute atomic E-state index is 8.32. The molecule has 0 atom stereocenters. The van der Waals surface area contributed by atoms with Gasteiger partial charge in [-0.15, -0.1) is 18.0 Å². The number of nitrogens with zero attached hydrogens (tertiary/aromatic N) is 1. The van der Waals surface area contributed by atoms with Gasteiger partial charge >= 0.3 is 0 Å². The zero-order chi connectivity index (χ0) is 5.98. The van der Waals surface area contributed by atoms with Gasteiger partial charge in [0.2, 0.25) is 0 Å². The Balaban J connectivity index is 0.000000640. The Labute approximate surface area is 79.1 Å². The number of nitriles is 1. The summed E-state index contributed by atoms with van der Waals surface area (Å²) in [5.41, 5.74) is 1.55.